The summed E-state index contributed by atoms with van der Waals surface area (Å²) in [6.07, 6.45) is 3.24. The van der Waals surface area contributed by atoms with Crippen molar-refractivity contribution in [2.75, 3.05) is 6.61 Å². The molecule has 0 radical (unpaired) electrons. The molecule has 4 saturated carbocycles. The van der Waals surface area contributed by atoms with Crippen LogP contribution in [0.4, 0.5) is 0 Å². The van der Waals surface area contributed by atoms with Gasteiger partial charge in [-0.15, -0.1) is 0 Å². The zero-order valence-electron chi connectivity index (χ0n) is 20.4. The molecule has 0 bridgehead atoms. The molecule has 2 aliphatic heterocycles. The minimum Gasteiger partial charge on any atom is -0.390 e. The molecule has 13 atom stereocenters. The average molecular weight is 463 g/mol. The summed E-state index contributed by atoms with van der Waals surface area (Å²) in [5, 5.41) is 43.7. The SMILES string of the molecule is C=C1CCC2(OC1)OC1CC3C4CCC5(O)CC(O)C(O)C(O)C5(C)C4CCC3(C)C1C2C. The molecule has 33 heavy (non-hydrogen) atoms. The molecule has 13 unspecified atom stereocenters. The molecule has 0 aromatic rings. The molecule has 6 aliphatic rings. The Hall–Kier alpha value is -0.500. The Morgan fingerprint density at radius 3 is 2.48 bits per heavy atom. The summed E-state index contributed by atoms with van der Waals surface area (Å²) in [7, 11) is 0. The van der Waals surface area contributed by atoms with Crippen molar-refractivity contribution in [2.24, 2.45) is 40.4 Å². The molecule has 4 N–H and O–H groups in total. The number of ether oxygens (including phenoxy) is 2. The predicted molar refractivity (Wildman–Crippen MR) is 122 cm³/mol. The number of aliphatic hydroxyl groups excluding tert-OH is 3. The van der Waals surface area contributed by atoms with Gasteiger partial charge in [0.05, 0.1) is 30.5 Å². The van der Waals surface area contributed by atoms with Crippen molar-refractivity contribution in [3.8, 4) is 0 Å². The maximum atomic E-state index is 11.7. The topological polar surface area (TPSA) is 99.4 Å². The van der Waals surface area contributed by atoms with Crippen LogP contribution in [-0.2, 0) is 9.47 Å². The van der Waals surface area contributed by atoms with E-state index in [0.717, 1.165) is 44.1 Å². The molecule has 6 rings (SSSR count). The van der Waals surface area contributed by atoms with Gasteiger partial charge in [0.25, 0.3) is 0 Å². The van der Waals surface area contributed by atoms with Gasteiger partial charge in [-0.25, -0.2) is 0 Å². The summed E-state index contributed by atoms with van der Waals surface area (Å²) >= 11 is 0. The summed E-state index contributed by atoms with van der Waals surface area (Å²) in [6, 6.07) is 0. The van der Waals surface area contributed by atoms with E-state index in [-0.39, 0.29) is 23.9 Å². The van der Waals surface area contributed by atoms with Crippen LogP contribution >= 0.6 is 0 Å². The highest BCUT2D eigenvalue weighted by Gasteiger charge is 2.72. The lowest BCUT2D eigenvalue weighted by atomic mass is 9.42. The van der Waals surface area contributed by atoms with E-state index in [1.807, 2.05) is 6.92 Å². The number of aliphatic hydroxyl groups is 4. The second-order valence-electron chi connectivity index (χ2n) is 13.0. The molecule has 1 spiro atoms. The minimum absolute atomic E-state index is 0.129. The number of fused-ring (bicyclic) bond motifs is 7. The van der Waals surface area contributed by atoms with Crippen molar-refractivity contribution in [1.82, 2.24) is 0 Å². The Balaban J connectivity index is 1.30. The van der Waals surface area contributed by atoms with E-state index in [2.05, 4.69) is 20.4 Å². The van der Waals surface area contributed by atoms with Crippen molar-refractivity contribution in [1.29, 1.82) is 0 Å². The van der Waals surface area contributed by atoms with E-state index >= 15 is 0 Å². The third-order valence-electron chi connectivity index (χ3n) is 12.0. The van der Waals surface area contributed by atoms with Crippen molar-refractivity contribution < 1.29 is 29.9 Å². The lowest BCUT2D eigenvalue weighted by molar-refractivity contribution is -0.288. The molecular weight excluding hydrogens is 420 g/mol. The molecule has 2 saturated heterocycles. The van der Waals surface area contributed by atoms with Crippen LogP contribution in [0, 0.1) is 40.4 Å². The monoisotopic (exact) mass is 462 g/mol. The maximum Gasteiger partial charge on any atom is 0.172 e. The fourth-order valence-corrected chi connectivity index (χ4v) is 10.2. The van der Waals surface area contributed by atoms with E-state index in [0.29, 0.717) is 36.7 Å². The highest BCUT2D eigenvalue weighted by atomic mass is 16.7. The summed E-state index contributed by atoms with van der Waals surface area (Å²) < 4.78 is 13.1. The van der Waals surface area contributed by atoms with Crippen LogP contribution in [-0.4, -0.2) is 62.8 Å². The van der Waals surface area contributed by atoms with Crippen LogP contribution in [0.15, 0.2) is 12.2 Å². The zero-order chi connectivity index (χ0) is 23.6. The third-order valence-corrected chi connectivity index (χ3v) is 12.0. The molecule has 2 heterocycles. The Morgan fingerprint density at radius 1 is 1.03 bits per heavy atom. The van der Waals surface area contributed by atoms with Crippen LogP contribution in [0.3, 0.4) is 0 Å². The molecular formula is C27H42O6. The lowest BCUT2D eigenvalue weighted by Gasteiger charge is -2.66. The first-order valence-electron chi connectivity index (χ1n) is 13.2. The smallest absolute Gasteiger partial charge is 0.172 e. The van der Waals surface area contributed by atoms with Gasteiger partial charge < -0.3 is 29.9 Å². The van der Waals surface area contributed by atoms with Gasteiger partial charge in [0, 0.05) is 24.2 Å². The second kappa shape index (κ2) is 7.04. The second-order valence-corrected chi connectivity index (χ2v) is 13.0. The Labute approximate surface area is 197 Å². The van der Waals surface area contributed by atoms with Gasteiger partial charge in [-0.3, -0.25) is 0 Å². The van der Waals surface area contributed by atoms with Gasteiger partial charge in [-0.05, 0) is 67.6 Å². The minimum atomic E-state index is -1.20. The van der Waals surface area contributed by atoms with Crippen LogP contribution in [0.25, 0.3) is 0 Å². The largest absolute Gasteiger partial charge is 0.390 e. The Kier molecular flexibility index (Phi) is 4.89. The highest BCUT2D eigenvalue weighted by molar-refractivity contribution is 5.20. The quantitative estimate of drug-likeness (QED) is 0.413. The molecule has 4 aliphatic carbocycles. The summed E-state index contributed by atoms with van der Waals surface area (Å²) in [6.45, 7) is 11.4. The number of hydrogen-bond donors (Lipinski definition) is 4. The van der Waals surface area contributed by atoms with E-state index < -0.39 is 35.1 Å². The average Bonchev–Trinajstić information content (AvgIpc) is 3.21. The molecule has 0 amide bonds. The Bertz CT molecular complexity index is 834. The van der Waals surface area contributed by atoms with E-state index in [9.17, 15) is 20.4 Å². The molecule has 0 aromatic heterocycles. The predicted octanol–water partition coefficient (Wildman–Crippen LogP) is 2.77. The maximum absolute atomic E-state index is 11.7. The Morgan fingerprint density at radius 2 is 1.79 bits per heavy atom. The first-order chi connectivity index (χ1) is 15.5. The zero-order valence-corrected chi connectivity index (χ0v) is 20.4. The summed E-state index contributed by atoms with van der Waals surface area (Å²) in [5.41, 5.74) is -0.649. The van der Waals surface area contributed by atoms with E-state index in [1.165, 1.54) is 0 Å². The molecule has 0 aromatic carbocycles. The van der Waals surface area contributed by atoms with E-state index in [1.54, 1.807) is 0 Å². The molecule has 6 heteroatoms. The van der Waals surface area contributed by atoms with Crippen LogP contribution < -0.4 is 0 Å². The van der Waals surface area contributed by atoms with Crippen molar-refractivity contribution in [2.45, 2.75) is 108 Å². The normalized spacial score (nSPS) is 62.5. The molecule has 6 fully saturated rings. The van der Waals surface area contributed by atoms with Gasteiger partial charge in [0.15, 0.2) is 5.79 Å². The standard InChI is InChI=1S/C27H42O6/c1-14-5-10-27(32-13-14)15(2)21-20(33-27)11-18-16-6-9-26(31)12-19(28)22(29)23(30)25(26,4)17(16)7-8-24(18,21)3/h15-23,28-31H,1,5-13H2,2-4H3. The molecule has 6 nitrogen and oxygen atoms in total. The van der Waals surface area contributed by atoms with Crippen molar-refractivity contribution in [3.63, 3.8) is 0 Å². The fraction of sp³-hybridized carbons (Fsp3) is 0.926. The van der Waals surface area contributed by atoms with Gasteiger partial charge >= 0.3 is 0 Å². The number of hydrogen-bond acceptors (Lipinski definition) is 6. The van der Waals surface area contributed by atoms with E-state index in [4.69, 9.17) is 9.47 Å². The van der Waals surface area contributed by atoms with Gasteiger partial charge in [0.2, 0.25) is 0 Å². The van der Waals surface area contributed by atoms with Gasteiger partial charge in [-0.1, -0.05) is 32.9 Å². The number of rotatable bonds is 0. The van der Waals surface area contributed by atoms with Crippen LogP contribution in [0.5, 0.6) is 0 Å². The fourth-order valence-electron chi connectivity index (χ4n) is 10.2. The molecule has 186 valence electrons. The van der Waals surface area contributed by atoms with Crippen molar-refractivity contribution >= 4 is 0 Å². The summed E-state index contributed by atoms with van der Waals surface area (Å²) in [4.78, 5) is 0. The highest BCUT2D eigenvalue weighted by Crippen LogP contribution is 2.71. The summed E-state index contributed by atoms with van der Waals surface area (Å²) in [5.74, 6) is 1.30. The first kappa shape index (κ1) is 22.9. The van der Waals surface area contributed by atoms with Gasteiger partial charge in [-0.2, -0.15) is 0 Å². The first-order valence-corrected chi connectivity index (χ1v) is 13.2. The third kappa shape index (κ3) is 2.71. The van der Waals surface area contributed by atoms with Gasteiger partial charge in [0.1, 0.15) is 6.10 Å². The van der Waals surface area contributed by atoms with Crippen LogP contribution in [0.2, 0.25) is 0 Å². The van der Waals surface area contributed by atoms with Crippen LogP contribution in [0.1, 0.15) is 72.1 Å². The lowest BCUT2D eigenvalue weighted by Crippen LogP contribution is -2.71. The van der Waals surface area contributed by atoms with Crippen molar-refractivity contribution in [3.05, 3.63) is 12.2 Å².